The van der Waals surface area contributed by atoms with E-state index in [2.05, 4.69) is 21.2 Å². The van der Waals surface area contributed by atoms with Crippen molar-refractivity contribution in [1.29, 1.82) is 0 Å². The molecule has 1 aromatic heterocycles. The maximum absolute atomic E-state index is 11.9. The predicted octanol–water partition coefficient (Wildman–Crippen LogP) is 2.26. The highest BCUT2D eigenvalue weighted by molar-refractivity contribution is 5.97. The van der Waals surface area contributed by atoms with E-state index in [1.165, 1.54) is 12.6 Å². The highest BCUT2D eigenvalue weighted by Gasteiger charge is 2.17. The van der Waals surface area contributed by atoms with E-state index in [-0.39, 0.29) is 30.9 Å². The first-order chi connectivity index (χ1) is 15.6. The summed E-state index contributed by atoms with van der Waals surface area (Å²) in [5, 5.41) is 9.47. The summed E-state index contributed by atoms with van der Waals surface area (Å²) in [5.74, 6) is 0.189. The molecule has 0 atom stereocenters. The van der Waals surface area contributed by atoms with Gasteiger partial charge in [0.1, 0.15) is 17.9 Å². The van der Waals surface area contributed by atoms with Gasteiger partial charge in [-0.15, -0.1) is 0 Å². The lowest BCUT2D eigenvalue weighted by Gasteiger charge is -2.22. The third kappa shape index (κ3) is 8.25. The maximum atomic E-state index is 11.9. The van der Waals surface area contributed by atoms with E-state index in [1.807, 2.05) is 0 Å². The number of hydrogen-bond donors (Lipinski definition) is 3. The van der Waals surface area contributed by atoms with Gasteiger partial charge in [-0.2, -0.15) is 5.10 Å². The van der Waals surface area contributed by atoms with Crippen molar-refractivity contribution >= 4 is 23.9 Å². The van der Waals surface area contributed by atoms with E-state index in [1.54, 1.807) is 42.7 Å². The minimum atomic E-state index is -0.463. The van der Waals surface area contributed by atoms with E-state index in [4.69, 9.17) is 9.15 Å². The number of ether oxygens (including phenoxy) is 1. The summed E-state index contributed by atoms with van der Waals surface area (Å²) in [6.07, 6.45) is 8.15. The van der Waals surface area contributed by atoms with Crippen molar-refractivity contribution < 1.29 is 23.5 Å². The molecule has 1 aliphatic rings. The Bertz CT molecular complexity index is 903. The van der Waals surface area contributed by atoms with Gasteiger partial charge in [-0.1, -0.05) is 19.3 Å². The van der Waals surface area contributed by atoms with Crippen LogP contribution in [0.3, 0.4) is 0 Å². The highest BCUT2D eigenvalue weighted by Crippen LogP contribution is 2.17. The molecule has 1 heterocycles. The van der Waals surface area contributed by atoms with E-state index >= 15 is 0 Å². The van der Waals surface area contributed by atoms with Gasteiger partial charge >= 0.3 is 0 Å². The fourth-order valence-electron chi connectivity index (χ4n) is 3.34. The zero-order valence-electron chi connectivity index (χ0n) is 17.8. The van der Waals surface area contributed by atoms with E-state index in [0.29, 0.717) is 18.1 Å². The number of benzene rings is 1. The van der Waals surface area contributed by atoms with E-state index in [9.17, 15) is 14.4 Å². The third-order valence-corrected chi connectivity index (χ3v) is 4.98. The van der Waals surface area contributed by atoms with Crippen LogP contribution in [0.2, 0.25) is 0 Å². The molecular weight excluding hydrogens is 412 g/mol. The Labute approximate surface area is 186 Å². The van der Waals surface area contributed by atoms with Crippen LogP contribution in [0.25, 0.3) is 0 Å². The largest absolute Gasteiger partial charge is 0.484 e. The van der Waals surface area contributed by atoms with Crippen LogP contribution in [0.1, 0.15) is 49.8 Å². The fourth-order valence-corrected chi connectivity index (χ4v) is 3.34. The van der Waals surface area contributed by atoms with Crippen LogP contribution in [-0.4, -0.2) is 36.6 Å². The standard InChI is InChI=1S/C23H28N4O5/c28-21(26-18-5-2-1-3-6-18)13-22(29)27-25-14-17-8-10-19(11-9-17)32-16-23(30)24-15-20-7-4-12-31-20/h4,7-12,14,18H,1-3,5-6,13,15-16H2,(H,24,30)(H,26,28)(H,27,29)/b25-14+. The van der Waals surface area contributed by atoms with Crippen molar-refractivity contribution in [3.8, 4) is 5.75 Å². The normalized spacial score (nSPS) is 14.1. The van der Waals surface area contributed by atoms with Crippen LogP contribution >= 0.6 is 0 Å². The van der Waals surface area contributed by atoms with Crippen LogP contribution in [0.5, 0.6) is 5.75 Å². The number of hydrogen-bond acceptors (Lipinski definition) is 6. The number of nitrogens with one attached hydrogen (secondary N) is 3. The SMILES string of the molecule is O=C(COc1ccc(/C=N/NC(=O)CC(=O)NC2CCCCC2)cc1)NCc1ccco1. The molecule has 32 heavy (non-hydrogen) atoms. The minimum absolute atomic E-state index is 0.118. The second kappa shape index (κ2) is 12.3. The zero-order valence-corrected chi connectivity index (χ0v) is 17.8. The quantitative estimate of drug-likeness (QED) is 0.297. The van der Waals surface area contributed by atoms with Crippen molar-refractivity contribution in [2.45, 2.75) is 51.1 Å². The fraction of sp³-hybridized carbons (Fsp3) is 0.391. The molecule has 3 amide bonds. The molecule has 0 saturated heterocycles. The monoisotopic (exact) mass is 440 g/mol. The lowest BCUT2D eigenvalue weighted by molar-refractivity contribution is -0.129. The highest BCUT2D eigenvalue weighted by atomic mass is 16.5. The summed E-state index contributed by atoms with van der Waals surface area (Å²) in [5.41, 5.74) is 3.09. The molecule has 0 spiro atoms. The van der Waals surface area contributed by atoms with Gasteiger partial charge in [0.2, 0.25) is 11.8 Å². The van der Waals surface area contributed by atoms with Crippen LogP contribution in [0.4, 0.5) is 0 Å². The Balaban J connectivity index is 1.33. The minimum Gasteiger partial charge on any atom is -0.484 e. The van der Waals surface area contributed by atoms with Crippen molar-refractivity contribution in [2.75, 3.05) is 6.61 Å². The number of hydrazone groups is 1. The smallest absolute Gasteiger partial charge is 0.258 e. The van der Waals surface area contributed by atoms with E-state index in [0.717, 1.165) is 31.2 Å². The molecule has 0 bridgehead atoms. The molecule has 3 N–H and O–H groups in total. The first-order valence-corrected chi connectivity index (χ1v) is 10.7. The lowest BCUT2D eigenvalue weighted by Crippen LogP contribution is -2.38. The summed E-state index contributed by atoms with van der Waals surface area (Å²) >= 11 is 0. The van der Waals surface area contributed by atoms with Crippen molar-refractivity contribution in [2.24, 2.45) is 5.10 Å². The Hall–Kier alpha value is -3.62. The Morgan fingerprint density at radius 3 is 2.53 bits per heavy atom. The molecule has 0 radical (unpaired) electrons. The van der Waals surface area contributed by atoms with Crippen LogP contribution in [0.15, 0.2) is 52.2 Å². The third-order valence-electron chi connectivity index (χ3n) is 4.98. The van der Waals surface area contributed by atoms with Gasteiger partial charge in [-0.3, -0.25) is 14.4 Å². The number of carbonyl (C=O) groups excluding carboxylic acids is 3. The Kier molecular flexibility index (Phi) is 8.85. The number of nitrogens with zero attached hydrogens (tertiary/aromatic N) is 1. The number of carbonyl (C=O) groups is 3. The second-order valence-electron chi connectivity index (χ2n) is 7.59. The van der Waals surface area contributed by atoms with Gasteiger partial charge in [-0.05, 0) is 54.8 Å². The zero-order chi connectivity index (χ0) is 22.6. The van der Waals surface area contributed by atoms with Gasteiger partial charge in [0.15, 0.2) is 6.61 Å². The molecular formula is C23H28N4O5. The summed E-state index contributed by atoms with van der Waals surface area (Å²) in [6.45, 7) is 0.186. The predicted molar refractivity (Wildman–Crippen MR) is 118 cm³/mol. The first-order valence-electron chi connectivity index (χ1n) is 10.7. The molecule has 9 nitrogen and oxygen atoms in total. The molecule has 170 valence electrons. The summed E-state index contributed by atoms with van der Waals surface area (Å²) in [4.78, 5) is 35.6. The molecule has 9 heteroatoms. The molecule has 2 aromatic rings. The number of amides is 3. The van der Waals surface area contributed by atoms with Crippen molar-refractivity contribution in [3.63, 3.8) is 0 Å². The average molecular weight is 441 g/mol. The maximum Gasteiger partial charge on any atom is 0.258 e. The van der Waals surface area contributed by atoms with Crippen molar-refractivity contribution in [3.05, 3.63) is 54.0 Å². The first kappa shape index (κ1) is 23.1. The lowest BCUT2D eigenvalue weighted by atomic mass is 9.95. The second-order valence-corrected chi connectivity index (χ2v) is 7.59. The summed E-state index contributed by atoms with van der Waals surface area (Å²) in [7, 11) is 0. The number of rotatable bonds is 10. The van der Waals surface area contributed by atoms with Crippen LogP contribution < -0.4 is 20.8 Å². The molecule has 0 unspecified atom stereocenters. The van der Waals surface area contributed by atoms with Crippen LogP contribution in [-0.2, 0) is 20.9 Å². The molecule has 1 fully saturated rings. The van der Waals surface area contributed by atoms with Gasteiger partial charge < -0.3 is 19.8 Å². The summed E-state index contributed by atoms with van der Waals surface area (Å²) < 4.78 is 10.6. The van der Waals surface area contributed by atoms with Gasteiger partial charge in [-0.25, -0.2) is 5.43 Å². The topological polar surface area (TPSA) is 122 Å². The van der Waals surface area contributed by atoms with Crippen molar-refractivity contribution in [1.82, 2.24) is 16.1 Å². The average Bonchev–Trinajstić information content (AvgIpc) is 3.31. The van der Waals surface area contributed by atoms with E-state index < -0.39 is 5.91 Å². The molecule has 0 aliphatic heterocycles. The Morgan fingerprint density at radius 2 is 1.81 bits per heavy atom. The molecule has 3 rings (SSSR count). The van der Waals surface area contributed by atoms with Crippen LogP contribution in [0, 0.1) is 0 Å². The Morgan fingerprint density at radius 1 is 1.03 bits per heavy atom. The van der Waals surface area contributed by atoms with Gasteiger partial charge in [0.25, 0.3) is 5.91 Å². The summed E-state index contributed by atoms with van der Waals surface area (Å²) in [6, 6.07) is 10.6. The van der Waals surface area contributed by atoms with Gasteiger partial charge in [0, 0.05) is 6.04 Å². The molecule has 1 aliphatic carbocycles. The van der Waals surface area contributed by atoms with Gasteiger partial charge in [0.05, 0.1) is 19.0 Å². The molecule has 1 aromatic carbocycles. The number of furan rings is 1. The molecule has 1 saturated carbocycles.